The number of hydrogen-bond acceptors (Lipinski definition) is 3. The van der Waals surface area contributed by atoms with Gasteiger partial charge in [-0.05, 0) is 53.9 Å². The quantitative estimate of drug-likeness (QED) is 0.664. The maximum Gasteiger partial charge on any atom is 0.122 e. The second kappa shape index (κ2) is 5.73. The van der Waals surface area contributed by atoms with Gasteiger partial charge in [0.15, 0.2) is 0 Å². The summed E-state index contributed by atoms with van der Waals surface area (Å²) in [6, 6.07) is 15.6. The Morgan fingerprint density at radius 2 is 1.75 bits per heavy atom. The van der Waals surface area contributed by atoms with Crippen molar-refractivity contribution < 1.29 is 9.47 Å². The highest BCUT2D eigenvalue weighted by atomic mass is 35.5. The van der Waals surface area contributed by atoms with Crippen molar-refractivity contribution in [2.75, 3.05) is 7.11 Å². The Hall–Kier alpha value is -1.71. The molecule has 4 heteroatoms. The Balaban J connectivity index is 1.72. The molecule has 2 aromatic carbocycles. The minimum Gasteiger partial charge on any atom is -0.497 e. The molecule has 0 aliphatic carbocycles. The molecule has 0 amide bonds. The van der Waals surface area contributed by atoms with Gasteiger partial charge >= 0.3 is 0 Å². The molecule has 0 atom stereocenters. The number of ether oxygens (including phenoxy) is 2. The molecule has 2 nitrogen and oxygen atoms in total. The standard InChI is InChI=1S/C16H13ClO2S/c1-18-13-3-5-14(6-4-13)19-10-15-9-11-8-12(17)2-7-16(11)20-15/h2-9H,10H2,1H3. The molecule has 0 aliphatic heterocycles. The van der Waals surface area contributed by atoms with E-state index in [1.54, 1.807) is 18.4 Å². The topological polar surface area (TPSA) is 18.5 Å². The first-order valence-corrected chi connectivity index (χ1v) is 7.39. The predicted molar refractivity (Wildman–Crippen MR) is 84.2 cm³/mol. The van der Waals surface area contributed by atoms with Crippen LogP contribution in [0, 0.1) is 0 Å². The summed E-state index contributed by atoms with van der Waals surface area (Å²) in [4.78, 5) is 1.18. The second-order valence-electron chi connectivity index (χ2n) is 4.36. The molecule has 0 fully saturated rings. The summed E-state index contributed by atoms with van der Waals surface area (Å²) in [6.07, 6.45) is 0. The molecule has 0 saturated heterocycles. The van der Waals surface area contributed by atoms with Crippen molar-refractivity contribution in [1.29, 1.82) is 0 Å². The highest BCUT2D eigenvalue weighted by Gasteiger charge is 2.03. The van der Waals surface area contributed by atoms with Gasteiger partial charge in [0.2, 0.25) is 0 Å². The number of hydrogen-bond donors (Lipinski definition) is 0. The summed E-state index contributed by atoms with van der Waals surface area (Å²) in [6.45, 7) is 0.559. The van der Waals surface area contributed by atoms with Crippen LogP contribution in [0.1, 0.15) is 4.88 Å². The van der Waals surface area contributed by atoms with Crippen molar-refractivity contribution >= 4 is 33.0 Å². The first-order valence-electron chi connectivity index (χ1n) is 6.19. The molecule has 20 heavy (non-hydrogen) atoms. The van der Waals surface area contributed by atoms with Crippen molar-refractivity contribution in [2.45, 2.75) is 6.61 Å². The summed E-state index contributed by atoms with van der Waals surface area (Å²) in [7, 11) is 1.65. The van der Waals surface area contributed by atoms with Gasteiger partial charge in [0.05, 0.1) is 7.11 Å². The lowest BCUT2D eigenvalue weighted by Crippen LogP contribution is -1.92. The van der Waals surface area contributed by atoms with E-state index in [-0.39, 0.29) is 0 Å². The first kappa shape index (κ1) is 13.3. The van der Waals surface area contributed by atoms with Gasteiger partial charge in [0.25, 0.3) is 0 Å². The predicted octanol–water partition coefficient (Wildman–Crippen LogP) is 5.14. The fraction of sp³-hybridized carbons (Fsp3) is 0.125. The van der Waals surface area contributed by atoms with Crippen LogP contribution in [0.4, 0.5) is 0 Å². The number of thiophene rings is 1. The minimum atomic E-state index is 0.559. The molecular formula is C16H13ClO2S. The summed E-state index contributed by atoms with van der Waals surface area (Å²) in [5.74, 6) is 1.66. The van der Waals surface area contributed by atoms with Gasteiger partial charge in [-0.25, -0.2) is 0 Å². The maximum atomic E-state index is 5.99. The van der Waals surface area contributed by atoms with Crippen LogP contribution in [0.15, 0.2) is 48.5 Å². The van der Waals surface area contributed by atoms with Gasteiger partial charge in [-0.2, -0.15) is 0 Å². The van der Waals surface area contributed by atoms with Crippen molar-refractivity contribution in [2.24, 2.45) is 0 Å². The minimum absolute atomic E-state index is 0.559. The number of methoxy groups -OCH3 is 1. The molecule has 1 aromatic heterocycles. The number of rotatable bonds is 4. The van der Waals surface area contributed by atoms with Crippen LogP contribution in [0.25, 0.3) is 10.1 Å². The molecule has 0 spiro atoms. The number of fused-ring (bicyclic) bond motifs is 1. The molecule has 0 N–H and O–H groups in total. The molecule has 102 valence electrons. The smallest absolute Gasteiger partial charge is 0.122 e. The van der Waals surface area contributed by atoms with Crippen LogP contribution < -0.4 is 9.47 Å². The Kier molecular flexibility index (Phi) is 3.81. The van der Waals surface area contributed by atoms with Crippen molar-refractivity contribution in [1.82, 2.24) is 0 Å². The summed E-state index contributed by atoms with van der Waals surface area (Å²) in [5, 5.41) is 1.92. The van der Waals surface area contributed by atoms with Crippen molar-refractivity contribution in [3.05, 3.63) is 58.4 Å². The van der Waals surface area contributed by atoms with E-state index in [1.807, 2.05) is 42.5 Å². The van der Waals surface area contributed by atoms with Crippen LogP contribution in [-0.2, 0) is 6.61 Å². The lowest BCUT2D eigenvalue weighted by molar-refractivity contribution is 0.309. The van der Waals surface area contributed by atoms with Gasteiger partial charge in [-0.1, -0.05) is 11.6 Å². The zero-order chi connectivity index (χ0) is 13.9. The summed E-state index contributed by atoms with van der Waals surface area (Å²) in [5.41, 5.74) is 0. The lowest BCUT2D eigenvalue weighted by Gasteiger charge is -2.05. The zero-order valence-corrected chi connectivity index (χ0v) is 12.5. The number of halogens is 1. The van der Waals surface area contributed by atoms with E-state index >= 15 is 0 Å². The fourth-order valence-corrected chi connectivity index (χ4v) is 3.11. The Bertz CT molecular complexity index is 719. The average Bonchev–Trinajstić information content (AvgIpc) is 2.87. The highest BCUT2D eigenvalue weighted by molar-refractivity contribution is 7.19. The van der Waals surface area contributed by atoms with Gasteiger partial charge in [-0.15, -0.1) is 11.3 Å². The lowest BCUT2D eigenvalue weighted by atomic mass is 10.2. The third-order valence-electron chi connectivity index (χ3n) is 2.97. The molecule has 1 heterocycles. The average molecular weight is 305 g/mol. The van der Waals surface area contributed by atoms with E-state index in [9.17, 15) is 0 Å². The summed E-state index contributed by atoms with van der Waals surface area (Å²) >= 11 is 7.72. The molecule has 0 bridgehead atoms. The SMILES string of the molecule is COc1ccc(OCc2cc3cc(Cl)ccc3s2)cc1. The Morgan fingerprint density at radius 1 is 1.00 bits per heavy atom. The van der Waals surface area contributed by atoms with Crippen LogP contribution in [-0.4, -0.2) is 7.11 Å². The van der Waals surface area contributed by atoms with Crippen LogP contribution in [0.5, 0.6) is 11.5 Å². The molecule has 0 unspecified atom stereocenters. The van der Waals surface area contributed by atoms with Gasteiger partial charge in [-0.3, -0.25) is 0 Å². The highest BCUT2D eigenvalue weighted by Crippen LogP contribution is 2.29. The van der Waals surface area contributed by atoms with E-state index in [4.69, 9.17) is 21.1 Å². The van der Waals surface area contributed by atoms with E-state index in [0.717, 1.165) is 21.9 Å². The van der Waals surface area contributed by atoms with Gasteiger partial charge in [0.1, 0.15) is 18.1 Å². The van der Waals surface area contributed by atoms with E-state index in [0.29, 0.717) is 6.61 Å². The zero-order valence-electron chi connectivity index (χ0n) is 10.9. The van der Waals surface area contributed by atoms with Gasteiger partial charge < -0.3 is 9.47 Å². The van der Waals surface area contributed by atoms with Crippen molar-refractivity contribution in [3.63, 3.8) is 0 Å². The molecule has 0 saturated carbocycles. The van der Waals surface area contributed by atoms with Crippen LogP contribution >= 0.6 is 22.9 Å². The third kappa shape index (κ3) is 2.89. The summed E-state index contributed by atoms with van der Waals surface area (Å²) < 4.78 is 12.1. The molecular weight excluding hydrogens is 292 g/mol. The third-order valence-corrected chi connectivity index (χ3v) is 4.29. The van der Waals surface area contributed by atoms with E-state index in [2.05, 4.69) is 6.07 Å². The molecule has 0 aliphatic rings. The fourth-order valence-electron chi connectivity index (χ4n) is 1.97. The number of benzene rings is 2. The van der Waals surface area contributed by atoms with E-state index in [1.165, 1.54) is 9.58 Å². The Labute approximate surface area is 126 Å². The molecule has 3 aromatic rings. The molecule has 3 rings (SSSR count). The maximum absolute atomic E-state index is 5.99. The van der Waals surface area contributed by atoms with E-state index < -0.39 is 0 Å². The molecule has 0 radical (unpaired) electrons. The largest absolute Gasteiger partial charge is 0.497 e. The van der Waals surface area contributed by atoms with Crippen LogP contribution in [0.3, 0.4) is 0 Å². The van der Waals surface area contributed by atoms with Crippen molar-refractivity contribution in [3.8, 4) is 11.5 Å². The normalized spacial score (nSPS) is 10.7. The monoisotopic (exact) mass is 304 g/mol. The second-order valence-corrected chi connectivity index (χ2v) is 5.96. The first-order chi connectivity index (χ1) is 9.74. The Morgan fingerprint density at radius 3 is 2.50 bits per heavy atom. The van der Waals surface area contributed by atoms with Gasteiger partial charge in [0, 0.05) is 14.6 Å². The van der Waals surface area contributed by atoms with Crippen LogP contribution in [0.2, 0.25) is 5.02 Å².